The molecule has 0 aliphatic rings. The first-order chi connectivity index (χ1) is 7.65. The van der Waals surface area contributed by atoms with E-state index in [1.165, 1.54) is 5.56 Å². The van der Waals surface area contributed by atoms with E-state index in [-0.39, 0.29) is 0 Å². The highest BCUT2D eigenvalue weighted by atomic mass is 79.9. The van der Waals surface area contributed by atoms with Crippen molar-refractivity contribution in [2.24, 2.45) is 0 Å². The molecule has 0 saturated carbocycles. The molecule has 0 spiro atoms. The number of aromatic hydroxyl groups is 1. The number of phenolic OH excluding ortho intramolecular Hbond substituents is 1. The number of benzene rings is 2. The van der Waals surface area contributed by atoms with Crippen LogP contribution < -0.4 is 0 Å². The molecule has 0 radical (unpaired) electrons. The molecular weight excluding hydrogens is 332 g/mol. The fourth-order valence-electron chi connectivity index (χ4n) is 1.51. The Bertz CT molecular complexity index is 492. The molecule has 0 saturated heterocycles. The van der Waals surface area contributed by atoms with Crippen molar-refractivity contribution in [1.29, 1.82) is 0 Å². The van der Waals surface area contributed by atoms with Gasteiger partial charge in [0.15, 0.2) is 0 Å². The maximum absolute atomic E-state index is 9.77. The number of halogens is 2. The molecule has 1 nitrogen and oxygen atoms in total. The van der Waals surface area contributed by atoms with Gasteiger partial charge in [-0.25, -0.2) is 0 Å². The second-order valence-electron chi connectivity index (χ2n) is 3.58. The van der Waals surface area contributed by atoms with E-state index in [2.05, 4.69) is 31.9 Å². The van der Waals surface area contributed by atoms with Crippen molar-refractivity contribution in [3.8, 4) is 5.75 Å². The van der Waals surface area contributed by atoms with Crippen molar-refractivity contribution < 1.29 is 5.11 Å². The third-order valence-electron chi connectivity index (χ3n) is 2.36. The zero-order valence-electron chi connectivity index (χ0n) is 8.45. The van der Waals surface area contributed by atoms with Crippen molar-refractivity contribution in [3.05, 3.63) is 62.5 Å². The van der Waals surface area contributed by atoms with Gasteiger partial charge in [0.1, 0.15) is 5.75 Å². The van der Waals surface area contributed by atoms with Gasteiger partial charge in [-0.3, -0.25) is 0 Å². The Kier molecular flexibility index (Phi) is 3.66. The standard InChI is InChI=1S/C13H10Br2O/c14-11-4-1-9(2-5-11)7-10-3-6-12(15)8-13(10)16/h1-6,8,16H,7H2. The summed E-state index contributed by atoms with van der Waals surface area (Å²) in [6, 6.07) is 13.7. The fraction of sp³-hybridized carbons (Fsp3) is 0.0769. The van der Waals surface area contributed by atoms with Crippen LogP contribution in [0.5, 0.6) is 5.75 Å². The lowest BCUT2D eigenvalue weighted by Gasteiger charge is -2.05. The smallest absolute Gasteiger partial charge is 0.120 e. The molecule has 16 heavy (non-hydrogen) atoms. The summed E-state index contributed by atoms with van der Waals surface area (Å²) >= 11 is 6.72. The van der Waals surface area contributed by atoms with Crippen LogP contribution in [0.1, 0.15) is 11.1 Å². The lowest BCUT2D eigenvalue weighted by molar-refractivity contribution is 0.469. The molecule has 82 valence electrons. The van der Waals surface area contributed by atoms with E-state index in [1.807, 2.05) is 36.4 Å². The molecule has 3 heteroatoms. The minimum Gasteiger partial charge on any atom is -0.508 e. The highest BCUT2D eigenvalue weighted by Crippen LogP contribution is 2.25. The van der Waals surface area contributed by atoms with Crippen molar-refractivity contribution in [1.82, 2.24) is 0 Å². The molecule has 2 aromatic rings. The van der Waals surface area contributed by atoms with Crippen LogP contribution in [-0.4, -0.2) is 5.11 Å². The van der Waals surface area contributed by atoms with Crippen LogP contribution in [-0.2, 0) is 6.42 Å². The zero-order chi connectivity index (χ0) is 11.5. The first kappa shape index (κ1) is 11.7. The summed E-state index contributed by atoms with van der Waals surface area (Å²) in [5, 5.41) is 9.77. The SMILES string of the molecule is Oc1cc(Br)ccc1Cc1ccc(Br)cc1. The third-order valence-corrected chi connectivity index (χ3v) is 3.38. The van der Waals surface area contributed by atoms with Crippen molar-refractivity contribution in [2.45, 2.75) is 6.42 Å². The summed E-state index contributed by atoms with van der Waals surface area (Å²) in [5.74, 6) is 0.331. The van der Waals surface area contributed by atoms with Crippen molar-refractivity contribution in [2.75, 3.05) is 0 Å². The Morgan fingerprint density at radius 3 is 2.12 bits per heavy atom. The molecule has 0 heterocycles. The molecule has 0 aliphatic heterocycles. The molecule has 0 bridgehead atoms. The number of hydrogen-bond acceptors (Lipinski definition) is 1. The molecular formula is C13H10Br2O. The first-order valence-electron chi connectivity index (χ1n) is 4.87. The lowest BCUT2D eigenvalue weighted by Crippen LogP contribution is -1.88. The van der Waals surface area contributed by atoms with Gasteiger partial charge >= 0.3 is 0 Å². The summed E-state index contributed by atoms with van der Waals surface area (Å²) < 4.78 is 1.96. The minimum absolute atomic E-state index is 0.331. The Morgan fingerprint density at radius 1 is 0.875 bits per heavy atom. The van der Waals surface area contributed by atoms with Crippen LogP contribution in [0.25, 0.3) is 0 Å². The summed E-state index contributed by atoms with van der Waals surface area (Å²) in [5.41, 5.74) is 2.12. The van der Waals surface area contributed by atoms with Gasteiger partial charge in [0.25, 0.3) is 0 Å². The predicted octanol–water partition coefficient (Wildman–Crippen LogP) is 4.51. The monoisotopic (exact) mass is 340 g/mol. The zero-order valence-corrected chi connectivity index (χ0v) is 11.6. The van der Waals surface area contributed by atoms with Crippen LogP contribution >= 0.6 is 31.9 Å². The summed E-state index contributed by atoms with van der Waals surface area (Å²) in [7, 11) is 0. The fourth-order valence-corrected chi connectivity index (χ4v) is 2.12. The van der Waals surface area contributed by atoms with Gasteiger partial charge in [0.2, 0.25) is 0 Å². The highest BCUT2D eigenvalue weighted by Gasteiger charge is 2.03. The molecule has 0 aliphatic carbocycles. The Labute approximate surface area is 111 Å². The van der Waals surface area contributed by atoms with Gasteiger partial charge in [0, 0.05) is 15.4 Å². The molecule has 1 N–H and O–H groups in total. The van der Waals surface area contributed by atoms with Crippen LogP contribution in [0.3, 0.4) is 0 Å². The Hall–Kier alpha value is -0.800. The molecule has 0 fully saturated rings. The van der Waals surface area contributed by atoms with E-state index >= 15 is 0 Å². The van der Waals surface area contributed by atoms with Crippen LogP contribution in [0, 0.1) is 0 Å². The molecule has 0 aromatic heterocycles. The maximum Gasteiger partial charge on any atom is 0.120 e. The van der Waals surface area contributed by atoms with E-state index in [0.717, 1.165) is 20.9 Å². The number of hydrogen-bond donors (Lipinski definition) is 1. The Balaban J connectivity index is 2.23. The van der Waals surface area contributed by atoms with E-state index in [9.17, 15) is 5.11 Å². The number of rotatable bonds is 2. The predicted molar refractivity (Wildman–Crippen MR) is 72.8 cm³/mol. The topological polar surface area (TPSA) is 20.2 Å². The minimum atomic E-state index is 0.331. The van der Waals surface area contributed by atoms with Crippen molar-refractivity contribution in [3.63, 3.8) is 0 Å². The maximum atomic E-state index is 9.77. The summed E-state index contributed by atoms with van der Waals surface area (Å²) in [4.78, 5) is 0. The first-order valence-corrected chi connectivity index (χ1v) is 6.45. The van der Waals surface area contributed by atoms with Gasteiger partial charge < -0.3 is 5.11 Å². The van der Waals surface area contributed by atoms with E-state index in [4.69, 9.17) is 0 Å². The van der Waals surface area contributed by atoms with Gasteiger partial charge in [-0.1, -0.05) is 50.1 Å². The van der Waals surface area contributed by atoms with E-state index in [0.29, 0.717) is 5.75 Å². The average Bonchev–Trinajstić information content (AvgIpc) is 2.25. The van der Waals surface area contributed by atoms with Gasteiger partial charge in [-0.15, -0.1) is 0 Å². The summed E-state index contributed by atoms with van der Waals surface area (Å²) in [6.07, 6.45) is 0.742. The quantitative estimate of drug-likeness (QED) is 0.852. The van der Waals surface area contributed by atoms with Crippen LogP contribution in [0.4, 0.5) is 0 Å². The van der Waals surface area contributed by atoms with Gasteiger partial charge in [-0.2, -0.15) is 0 Å². The van der Waals surface area contributed by atoms with Crippen LogP contribution in [0.2, 0.25) is 0 Å². The van der Waals surface area contributed by atoms with E-state index < -0.39 is 0 Å². The molecule has 2 rings (SSSR count). The normalized spacial score (nSPS) is 10.4. The molecule has 0 atom stereocenters. The van der Waals surface area contributed by atoms with Crippen molar-refractivity contribution >= 4 is 31.9 Å². The second kappa shape index (κ2) is 5.02. The van der Waals surface area contributed by atoms with Gasteiger partial charge in [-0.05, 0) is 35.4 Å². The Morgan fingerprint density at radius 2 is 1.50 bits per heavy atom. The van der Waals surface area contributed by atoms with E-state index in [1.54, 1.807) is 6.07 Å². The summed E-state index contributed by atoms with van der Waals surface area (Å²) in [6.45, 7) is 0. The second-order valence-corrected chi connectivity index (χ2v) is 5.41. The van der Waals surface area contributed by atoms with Crippen LogP contribution in [0.15, 0.2) is 51.4 Å². The average molecular weight is 342 g/mol. The largest absolute Gasteiger partial charge is 0.508 e. The molecule has 0 unspecified atom stereocenters. The highest BCUT2D eigenvalue weighted by molar-refractivity contribution is 9.10. The van der Waals surface area contributed by atoms with Gasteiger partial charge in [0.05, 0.1) is 0 Å². The third kappa shape index (κ3) is 2.86. The lowest BCUT2D eigenvalue weighted by atomic mass is 10.0. The number of phenols is 1. The molecule has 0 amide bonds. The molecule has 2 aromatic carbocycles.